The number of carbonyl (C=O) groups is 2. The average Bonchev–Trinajstić information content (AvgIpc) is 2.78. The van der Waals surface area contributed by atoms with Crippen LogP contribution in [0.3, 0.4) is 0 Å². The van der Waals surface area contributed by atoms with E-state index < -0.39 is 28.8 Å². The van der Waals surface area contributed by atoms with Gasteiger partial charge < -0.3 is 34.8 Å². The molecule has 0 amide bonds. The van der Waals surface area contributed by atoms with Crippen LogP contribution in [0.15, 0.2) is 47.4 Å². The minimum absolute atomic E-state index is 0.223. The number of rotatable bonds is 11. The molecule has 2 aromatic carbocycles. The van der Waals surface area contributed by atoms with Gasteiger partial charge in [-0.3, -0.25) is 4.21 Å². The zero-order valence-corrected chi connectivity index (χ0v) is 19.5. The number of aliphatic hydroxyl groups excluding tert-OH is 1. The molecule has 2 unspecified atom stereocenters. The molecule has 0 heterocycles. The highest BCUT2D eigenvalue weighted by Gasteiger charge is 2.12. The van der Waals surface area contributed by atoms with Crippen LogP contribution < -0.4 is 19.5 Å². The summed E-state index contributed by atoms with van der Waals surface area (Å²) in [5, 5.41) is 27.9. The number of nitrogens with one attached hydrogen (secondary N) is 1. The van der Waals surface area contributed by atoms with Crippen molar-refractivity contribution in [1.82, 2.24) is 5.32 Å². The Balaban J connectivity index is 0.000000801. The van der Waals surface area contributed by atoms with Crippen LogP contribution in [0.25, 0.3) is 0 Å². The van der Waals surface area contributed by atoms with E-state index in [0.29, 0.717) is 31.2 Å². The summed E-state index contributed by atoms with van der Waals surface area (Å²) in [5.41, 5.74) is 0.896. The molecular formula is C22H29NO9S. The van der Waals surface area contributed by atoms with Crippen molar-refractivity contribution in [2.75, 3.05) is 39.7 Å². The fourth-order valence-corrected chi connectivity index (χ4v) is 3.28. The normalized spacial score (nSPS) is 12.0. The van der Waals surface area contributed by atoms with E-state index in [9.17, 15) is 9.32 Å². The van der Waals surface area contributed by atoms with E-state index in [1.54, 1.807) is 19.4 Å². The molecule has 0 bridgehead atoms. The number of hydrogen-bond donors (Lipinski definition) is 4. The van der Waals surface area contributed by atoms with Crippen LogP contribution in [0.1, 0.15) is 5.56 Å². The van der Waals surface area contributed by atoms with Crippen molar-refractivity contribution < 1.29 is 43.3 Å². The lowest BCUT2D eigenvalue weighted by Gasteiger charge is -2.15. The van der Waals surface area contributed by atoms with Gasteiger partial charge in [0.2, 0.25) is 0 Å². The van der Waals surface area contributed by atoms with E-state index in [1.165, 1.54) is 0 Å². The number of methoxy groups -OCH3 is 1. The third-order valence-corrected chi connectivity index (χ3v) is 5.12. The molecule has 0 saturated carbocycles. The predicted octanol–water partition coefficient (Wildman–Crippen LogP) is 1.30. The number of aryl methyl sites for hydroxylation is 1. The third-order valence-electron chi connectivity index (χ3n) is 4.06. The van der Waals surface area contributed by atoms with Gasteiger partial charge in [0.05, 0.1) is 17.9 Å². The number of para-hydroxylation sites is 1. The van der Waals surface area contributed by atoms with Gasteiger partial charge in [0, 0.05) is 30.3 Å². The molecule has 0 aliphatic carbocycles. The molecule has 0 aromatic heterocycles. The second-order valence-corrected chi connectivity index (χ2v) is 8.01. The first-order valence-corrected chi connectivity index (χ1v) is 11.4. The van der Waals surface area contributed by atoms with Gasteiger partial charge in [-0.1, -0.05) is 18.2 Å². The smallest absolute Gasteiger partial charge is 0.414 e. The summed E-state index contributed by atoms with van der Waals surface area (Å²) in [5.74, 6) is -1.75. The molecular weight excluding hydrogens is 454 g/mol. The van der Waals surface area contributed by atoms with E-state index in [-0.39, 0.29) is 6.61 Å². The summed E-state index contributed by atoms with van der Waals surface area (Å²) in [6.45, 7) is 3.49. The Kier molecular flexibility index (Phi) is 12.5. The second-order valence-electron chi connectivity index (χ2n) is 6.66. The Labute approximate surface area is 194 Å². The van der Waals surface area contributed by atoms with Crippen LogP contribution in [-0.2, 0) is 20.4 Å². The van der Waals surface area contributed by atoms with Gasteiger partial charge in [-0.25, -0.2) is 9.59 Å². The van der Waals surface area contributed by atoms with E-state index in [0.717, 1.165) is 16.2 Å². The summed E-state index contributed by atoms with van der Waals surface area (Å²) in [6.07, 6.45) is 1.03. The van der Waals surface area contributed by atoms with Crippen LogP contribution in [0.2, 0.25) is 0 Å². The summed E-state index contributed by atoms with van der Waals surface area (Å²) in [7, 11) is 0.478. The maximum atomic E-state index is 11.7. The second kappa shape index (κ2) is 14.8. The van der Waals surface area contributed by atoms with Gasteiger partial charge >= 0.3 is 11.9 Å². The number of ether oxygens (including phenoxy) is 3. The molecule has 0 aliphatic heterocycles. The molecule has 0 saturated heterocycles. The first kappa shape index (κ1) is 27.9. The summed E-state index contributed by atoms with van der Waals surface area (Å²) >= 11 is 0. The fourth-order valence-electron chi connectivity index (χ4n) is 2.49. The summed E-state index contributed by atoms with van der Waals surface area (Å²) in [4.78, 5) is 18.9. The van der Waals surface area contributed by atoms with E-state index in [1.807, 2.05) is 43.3 Å². The van der Waals surface area contributed by atoms with E-state index >= 15 is 0 Å². The number of aliphatic hydroxyl groups is 1. The summed E-state index contributed by atoms with van der Waals surface area (Å²) < 4.78 is 28.3. The molecule has 4 N–H and O–H groups in total. The molecule has 182 valence electrons. The fraction of sp³-hybridized carbons (Fsp3) is 0.364. The zero-order chi connectivity index (χ0) is 24.8. The first-order chi connectivity index (χ1) is 15.6. The zero-order valence-electron chi connectivity index (χ0n) is 18.6. The Morgan fingerprint density at radius 2 is 1.70 bits per heavy atom. The topological polar surface area (TPSA) is 152 Å². The van der Waals surface area contributed by atoms with Crippen LogP contribution in [0.5, 0.6) is 17.2 Å². The van der Waals surface area contributed by atoms with Crippen LogP contribution >= 0.6 is 0 Å². The Morgan fingerprint density at radius 1 is 1.06 bits per heavy atom. The Bertz CT molecular complexity index is 910. The number of carboxylic acid groups (broad SMARTS) is 2. The minimum Gasteiger partial charge on any atom is -0.493 e. The molecule has 2 atom stereocenters. The molecule has 10 nitrogen and oxygen atoms in total. The quantitative estimate of drug-likeness (QED) is 0.272. The van der Waals surface area contributed by atoms with Gasteiger partial charge in [0.25, 0.3) is 0 Å². The molecule has 0 aliphatic rings. The number of benzene rings is 2. The van der Waals surface area contributed by atoms with E-state index in [4.69, 9.17) is 34.0 Å². The average molecular weight is 484 g/mol. The van der Waals surface area contributed by atoms with Gasteiger partial charge in [-0.05, 0) is 30.7 Å². The molecule has 11 heteroatoms. The Hall–Kier alpha value is -3.15. The highest BCUT2D eigenvalue weighted by molar-refractivity contribution is 7.84. The number of hydrogen-bond acceptors (Lipinski definition) is 8. The van der Waals surface area contributed by atoms with Gasteiger partial charge in [-0.15, -0.1) is 0 Å². The maximum Gasteiger partial charge on any atom is 0.414 e. The van der Waals surface area contributed by atoms with Crippen molar-refractivity contribution in [2.24, 2.45) is 0 Å². The van der Waals surface area contributed by atoms with Gasteiger partial charge in [0.15, 0.2) is 11.5 Å². The minimum atomic E-state index is -1.82. The van der Waals surface area contributed by atoms with Crippen molar-refractivity contribution in [3.05, 3.63) is 48.0 Å². The largest absolute Gasteiger partial charge is 0.493 e. The molecule has 0 radical (unpaired) electrons. The maximum absolute atomic E-state index is 11.7. The summed E-state index contributed by atoms with van der Waals surface area (Å²) in [6, 6.07) is 13.0. The standard InChI is InChI=1S/C20H27NO5S.C2H2O4/c1-15-11-19(18(24-2)12-20(15)27(3)23)25-10-9-21-13-16(22)14-26-17-7-5-4-6-8-17;3-1(4)2(5)6/h4-8,11-12,16,21-22H,9-10,13-14H2,1-3H3;(H,3,4)(H,5,6). The van der Waals surface area contributed by atoms with Crippen molar-refractivity contribution >= 4 is 22.7 Å². The van der Waals surface area contributed by atoms with Crippen LogP contribution in [0.4, 0.5) is 0 Å². The SMILES string of the molecule is COc1cc(S(C)=O)c(C)cc1OCCNCC(O)COc1ccccc1.O=C(O)C(=O)O. The predicted molar refractivity (Wildman–Crippen MR) is 122 cm³/mol. The van der Waals surface area contributed by atoms with E-state index in [2.05, 4.69) is 5.32 Å². The molecule has 33 heavy (non-hydrogen) atoms. The van der Waals surface area contributed by atoms with Crippen LogP contribution in [0, 0.1) is 6.92 Å². The van der Waals surface area contributed by atoms with Crippen molar-refractivity contribution in [1.29, 1.82) is 0 Å². The first-order valence-electron chi connectivity index (χ1n) is 9.83. The molecule has 2 aromatic rings. The van der Waals surface area contributed by atoms with Gasteiger partial charge in [-0.2, -0.15) is 0 Å². The van der Waals surface area contributed by atoms with Crippen molar-refractivity contribution in [2.45, 2.75) is 17.9 Å². The van der Waals surface area contributed by atoms with Crippen molar-refractivity contribution in [3.8, 4) is 17.2 Å². The molecule has 0 fully saturated rings. The molecule has 2 rings (SSSR count). The lowest BCUT2D eigenvalue weighted by atomic mass is 10.2. The lowest BCUT2D eigenvalue weighted by molar-refractivity contribution is -0.159. The number of aliphatic carboxylic acids is 2. The Morgan fingerprint density at radius 3 is 2.24 bits per heavy atom. The van der Waals surface area contributed by atoms with Gasteiger partial charge in [0.1, 0.15) is 25.1 Å². The highest BCUT2D eigenvalue weighted by atomic mass is 32.2. The number of carboxylic acids is 2. The monoisotopic (exact) mass is 483 g/mol. The lowest BCUT2D eigenvalue weighted by Crippen LogP contribution is -2.33. The molecule has 0 spiro atoms. The van der Waals surface area contributed by atoms with Crippen molar-refractivity contribution in [3.63, 3.8) is 0 Å². The third kappa shape index (κ3) is 10.8. The van der Waals surface area contributed by atoms with Crippen LogP contribution in [-0.4, -0.2) is 77.2 Å². The highest BCUT2D eigenvalue weighted by Crippen LogP contribution is 2.31.